The van der Waals surface area contributed by atoms with E-state index in [9.17, 15) is 4.79 Å². The summed E-state index contributed by atoms with van der Waals surface area (Å²) in [5.74, 6) is 0.383. The molecular formula is C19H26N4O. The van der Waals surface area contributed by atoms with Crippen LogP contribution in [0.2, 0.25) is 0 Å². The molecule has 24 heavy (non-hydrogen) atoms. The summed E-state index contributed by atoms with van der Waals surface area (Å²) in [7, 11) is 0. The minimum atomic E-state index is 0.0395. The molecule has 1 aromatic carbocycles. The molecule has 1 N–H and O–H groups in total. The van der Waals surface area contributed by atoms with E-state index in [1.165, 1.54) is 5.69 Å². The van der Waals surface area contributed by atoms with Gasteiger partial charge in [0.1, 0.15) is 5.69 Å². The van der Waals surface area contributed by atoms with Crippen molar-refractivity contribution in [2.75, 3.05) is 24.5 Å². The molecule has 2 aromatic rings. The smallest absolute Gasteiger partial charge is 0.274 e. The first-order chi connectivity index (χ1) is 11.6. The summed E-state index contributed by atoms with van der Waals surface area (Å²) in [5.41, 5.74) is 2.77. The lowest BCUT2D eigenvalue weighted by molar-refractivity contribution is 0.0645. The average molecular weight is 326 g/mol. The van der Waals surface area contributed by atoms with E-state index in [1.54, 1.807) is 0 Å². The molecule has 1 aliphatic rings. The van der Waals surface area contributed by atoms with Crippen LogP contribution >= 0.6 is 0 Å². The normalized spacial score (nSPS) is 18.2. The number of benzene rings is 1. The first-order valence-corrected chi connectivity index (χ1v) is 8.76. The van der Waals surface area contributed by atoms with Crippen LogP contribution in [-0.4, -0.2) is 46.7 Å². The maximum Gasteiger partial charge on any atom is 0.274 e. The number of carbonyl (C=O) groups is 1. The topological polar surface area (TPSA) is 52.2 Å². The largest absolute Gasteiger partial charge is 0.368 e. The van der Waals surface area contributed by atoms with Crippen molar-refractivity contribution in [2.24, 2.45) is 0 Å². The van der Waals surface area contributed by atoms with Gasteiger partial charge in [-0.05, 0) is 30.5 Å². The Morgan fingerprint density at radius 1 is 1.29 bits per heavy atom. The van der Waals surface area contributed by atoms with Crippen molar-refractivity contribution >= 4 is 11.6 Å². The van der Waals surface area contributed by atoms with Crippen LogP contribution in [0.25, 0.3) is 0 Å². The Hall–Kier alpha value is -2.30. The van der Waals surface area contributed by atoms with Crippen LogP contribution in [0.15, 0.2) is 36.4 Å². The molecule has 1 aliphatic heterocycles. The van der Waals surface area contributed by atoms with Crippen molar-refractivity contribution in [3.63, 3.8) is 0 Å². The summed E-state index contributed by atoms with van der Waals surface area (Å²) in [6.45, 7) is 8.78. The van der Waals surface area contributed by atoms with E-state index in [2.05, 4.69) is 60.1 Å². The van der Waals surface area contributed by atoms with Gasteiger partial charge in [0.25, 0.3) is 5.91 Å². The maximum atomic E-state index is 12.9. The molecule has 0 aliphatic carbocycles. The molecule has 0 saturated carbocycles. The summed E-state index contributed by atoms with van der Waals surface area (Å²) < 4.78 is 0. The van der Waals surface area contributed by atoms with Gasteiger partial charge < -0.3 is 9.80 Å². The monoisotopic (exact) mass is 326 g/mol. The quantitative estimate of drug-likeness (QED) is 0.938. The molecule has 0 bridgehead atoms. The fourth-order valence-corrected chi connectivity index (χ4v) is 3.23. The van der Waals surface area contributed by atoms with Crippen molar-refractivity contribution in [3.05, 3.63) is 47.8 Å². The van der Waals surface area contributed by atoms with Crippen molar-refractivity contribution < 1.29 is 4.79 Å². The number of hydrogen-bond donors (Lipinski definition) is 1. The number of aromatic amines is 1. The molecule has 0 spiro atoms. The molecule has 1 fully saturated rings. The minimum absolute atomic E-state index is 0.0395. The van der Waals surface area contributed by atoms with E-state index in [0.29, 0.717) is 11.6 Å². The zero-order chi connectivity index (χ0) is 17.1. The van der Waals surface area contributed by atoms with E-state index in [1.807, 2.05) is 17.0 Å². The third-order valence-electron chi connectivity index (χ3n) is 4.77. The molecule has 0 radical (unpaired) electrons. The van der Waals surface area contributed by atoms with Crippen molar-refractivity contribution in [2.45, 2.75) is 39.2 Å². The fourth-order valence-electron chi connectivity index (χ4n) is 3.23. The highest BCUT2D eigenvalue weighted by Gasteiger charge is 2.31. The zero-order valence-electron chi connectivity index (χ0n) is 14.7. The maximum absolute atomic E-state index is 12.9. The highest BCUT2D eigenvalue weighted by atomic mass is 16.2. The van der Waals surface area contributed by atoms with E-state index in [-0.39, 0.29) is 11.9 Å². The number of piperazine rings is 1. The van der Waals surface area contributed by atoms with Crippen LogP contribution in [0, 0.1) is 0 Å². The van der Waals surface area contributed by atoms with E-state index in [0.717, 1.165) is 31.7 Å². The molecule has 128 valence electrons. The Bertz CT molecular complexity index is 680. The third-order valence-corrected chi connectivity index (χ3v) is 4.77. The summed E-state index contributed by atoms with van der Waals surface area (Å²) in [6, 6.07) is 12.5. The van der Waals surface area contributed by atoms with E-state index < -0.39 is 0 Å². The van der Waals surface area contributed by atoms with E-state index >= 15 is 0 Å². The Labute approximate surface area is 143 Å². The molecule has 1 atom stereocenters. The predicted molar refractivity (Wildman–Crippen MR) is 96.4 cm³/mol. The van der Waals surface area contributed by atoms with Crippen molar-refractivity contribution in [1.82, 2.24) is 15.1 Å². The molecule has 1 amide bonds. The molecule has 3 rings (SSSR count). The Morgan fingerprint density at radius 2 is 2.04 bits per heavy atom. The lowest BCUT2D eigenvalue weighted by Crippen LogP contribution is -2.55. The van der Waals surface area contributed by atoms with Gasteiger partial charge in [-0.15, -0.1) is 0 Å². The van der Waals surface area contributed by atoms with Crippen LogP contribution in [0.5, 0.6) is 0 Å². The predicted octanol–water partition coefficient (Wildman–Crippen LogP) is 3.27. The van der Waals surface area contributed by atoms with Crippen molar-refractivity contribution in [1.29, 1.82) is 0 Å². The highest BCUT2D eigenvalue weighted by molar-refractivity contribution is 5.92. The van der Waals surface area contributed by atoms with Gasteiger partial charge in [0, 0.05) is 37.1 Å². The second kappa shape index (κ2) is 7.07. The Kier molecular flexibility index (Phi) is 4.88. The third kappa shape index (κ3) is 3.30. The molecule has 5 heteroatoms. The number of para-hydroxylation sites is 1. The molecule has 1 aromatic heterocycles. The number of nitrogens with zero attached hydrogens (tertiary/aromatic N) is 3. The zero-order valence-corrected chi connectivity index (χ0v) is 14.7. The van der Waals surface area contributed by atoms with E-state index in [4.69, 9.17) is 0 Å². The molecule has 1 unspecified atom stereocenters. The molecule has 2 heterocycles. The van der Waals surface area contributed by atoms with Gasteiger partial charge in [0.2, 0.25) is 0 Å². The van der Waals surface area contributed by atoms with Gasteiger partial charge in [0.05, 0.1) is 0 Å². The molecule has 5 nitrogen and oxygen atoms in total. The number of hydrogen-bond acceptors (Lipinski definition) is 3. The highest BCUT2D eigenvalue weighted by Crippen LogP contribution is 2.22. The van der Waals surface area contributed by atoms with Gasteiger partial charge in [-0.25, -0.2) is 0 Å². The summed E-state index contributed by atoms with van der Waals surface area (Å²) >= 11 is 0. The Morgan fingerprint density at radius 3 is 2.67 bits per heavy atom. The second-order valence-electron chi connectivity index (χ2n) is 6.71. The number of aromatic nitrogens is 2. The standard InChI is InChI=1S/C19H26N4O/c1-4-15-13-22(16-8-6-5-7-9-16)10-11-23(15)19(24)18-12-17(14(2)3)20-21-18/h5-9,12,14-15H,4,10-11,13H2,1-3H3,(H,20,21). The summed E-state index contributed by atoms with van der Waals surface area (Å²) in [6.07, 6.45) is 0.941. The second-order valence-corrected chi connectivity index (χ2v) is 6.71. The van der Waals surface area contributed by atoms with Gasteiger partial charge in [-0.2, -0.15) is 5.10 Å². The SMILES string of the molecule is CCC1CN(c2ccccc2)CCN1C(=O)c1cc(C(C)C)[nH]n1. The van der Waals surface area contributed by atoms with Crippen molar-refractivity contribution in [3.8, 4) is 0 Å². The van der Waals surface area contributed by atoms with Crippen LogP contribution in [0.3, 0.4) is 0 Å². The molecule has 1 saturated heterocycles. The lowest BCUT2D eigenvalue weighted by Gasteiger charge is -2.42. The first kappa shape index (κ1) is 16.6. The van der Waals surface area contributed by atoms with Crippen LogP contribution in [0.4, 0.5) is 5.69 Å². The van der Waals surface area contributed by atoms with Gasteiger partial charge >= 0.3 is 0 Å². The fraction of sp³-hybridized carbons (Fsp3) is 0.474. The minimum Gasteiger partial charge on any atom is -0.368 e. The summed E-state index contributed by atoms with van der Waals surface area (Å²) in [5, 5.41) is 7.21. The number of anilines is 1. The lowest BCUT2D eigenvalue weighted by atomic mass is 10.1. The summed E-state index contributed by atoms with van der Waals surface area (Å²) in [4.78, 5) is 17.2. The van der Waals surface area contributed by atoms with Crippen LogP contribution in [-0.2, 0) is 0 Å². The first-order valence-electron chi connectivity index (χ1n) is 8.76. The number of H-pyrrole nitrogens is 1. The van der Waals surface area contributed by atoms with Gasteiger partial charge in [-0.1, -0.05) is 39.0 Å². The van der Waals surface area contributed by atoms with Crippen LogP contribution < -0.4 is 4.90 Å². The number of carbonyl (C=O) groups excluding carboxylic acids is 1. The average Bonchev–Trinajstić information content (AvgIpc) is 3.12. The van der Waals surface area contributed by atoms with Crippen LogP contribution in [0.1, 0.15) is 49.3 Å². The number of rotatable bonds is 4. The molecular weight excluding hydrogens is 300 g/mol. The number of amides is 1. The number of nitrogens with one attached hydrogen (secondary N) is 1. The Balaban J connectivity index is 1.73. The van der Waals surface area contributed by atoms with Gasteiger partial charge in [0.15, 0.2) is 0 Å². The van der Waals surface area contributed by atoms with Gasteiger partial charge in [-0.3, -0.25) is 9.89 Å².